The van der Waals surface area contributed by atoms with E-state index in [0.29, 0.717) is 31.1 Å². The van der Waals surface area contributed by atoms with Crippen LogP contribution in [-0.4, -0.2) is 40.0 Å². The van der Waals surface area contributed by atoms with Gasteiger partial charge in [0.15, 0.2) is 0 Å². The minimum Gasteiger partial charge on any atom is -0.339 e. The van der Waals surface area contributed by atoms with E-state index < -0.39 is 0 Å². The van der Waals surface area contributed by atoms with Gasteiger partial charge in [-0.2, -0.15) is 0 Å². The normalized spacial score (nSPS) is 15.3. The molecule has 1 fully saturated rings. The molecule has 1 aromatic carbocycles. The number of piperidine rings is 1. The Balaban J connectivity index is 1.48. The average molecular weight is 370 g/mol. The molecule has 0 atom stereocenters. The molecule has 0 saturated carbocycles. The lowest BCUT2D eigenvalue weighted by atomic mass is 9.96. The number of carbonyl (C=O) groups is 2. The Morgan fingerprint density at radius 3 is 2.62 bits per heavy atom. The number of likely N-dealkylation sites (tertiary alicyclic amines) is 1. The molecular weight excluding hydrogens is 348 g/mol. The highest BCUT2D eigenvalue weighted by Gasteiger charge is 2.27. The van der Waals surface area contributed by atoms with Crippen molar-refractivity contribution < 1.29 is 9.59 Å². The van der Waals surface area contributed by atoms with Crippen LogP contribution in [0.3, 0.4) is 0 Å². The zero-order chi connectivity index (χ0) is 18.4. The molecule has 6 nitrogen and oxygen atoms in total. The highest BCUT2D eigenvalue weighted by molar-refractivity contribution is 7.15. The lowest BCUT2D eigenvalue weighted by Gasteiger charge is -2.30. The Kier molecular flexibility index (Phi) is 6.12. The quantitative estimate of drug-likeness (QED) is 0.821. The second-order valence-electron chi connectivity index (χ2n) is 6.19. The van der Waals surface area contributed by atoms with Gasteiger partial charge in [0.1, 0.15) is 5.01 Å². The molecule has 1 aliphatic heterocycles. The van der Waals surface area contributed by atoms with Crippen LogP contribution < -0.4 is 5.32 Å². The van der Waals surface area contributed by atoms with Crippen LogP contribution in [0, 0.1) is 5.92 Å². The Morgan fingerprint density at radius 2 is 1.96 bits per heavy atom. The average Bonchev–Trinajstić information content (AvgIpc) is 3.14. The smallest absolute Gasteiger partial charge is 0.246 e. The summed E-state index contributed by atoms with van der Waals surface area (Å²) >= 11 is 1.41. The van der Waals surface area contributed by atoms with Crippen molar-refractivity contribution in [3.05, 3.63) is 47.0 Å². The van der Waals surface area contributed by atoms with Crippen LogP contribution in [0.4, 0.5) is 5.13 Å². The molecule has 1 saturated heterocycles. The van der Waals surface area contributed by atoms with Crippen LogP contribution in [0.25, 0.3) is 6.08 Å². The number of nitrogens with zero attached hydrogens (tertiary/aromatic N) is 3. The molecule has 3 rings (SSSR count). The maximum absolute atomic E-state index is 12.4. The number of carbonyl (C=O) groups excluding carboxylic acids is 2. The first kappa shape index (κ1) is 18.3. The molecular formula is C19H22N4O2S. The molecule has 0 aliphatic carbocycles. The summed E-state index contributed by atoms with van der Waals surface area (Å²) in [4.78, 5) is 26.5. The molecule has 0 unspecified atom stereocenters. The van der Waals surface area contributed by atoms with Gasteiger partial charge in [-0.1, -0.05) is 48.6 Å². The maximum Gasteiger partial charge on any atom is 0.246 e. The van der Waals surface area contributed by atoms with Crippen molar-refractivity contribution in [1.29, 1.82) is 0 Å². The van der Waals surface area contributed by atoms with Crippen molar-refractivity contribution in [1.82, 2.24) is 15.1 Å². The predicted octanol–water partition coefficient (Wildman–Crippen LogP) is 2.99. The van der Waals surface area contributed by atoms with Crippen molar-refractivity contribution in [3.63, 3.8) is 0 Å². The zero-order valence-corrected chi connectivity index (χ0v) is 15.5. The number of amides is 2. The third kappa shape index (κ3) is 4.76. The van der Waals surface area contributed by atoms with Gasteiger partial charge in [-0.15, -0.1) is 10.2 Å². The third-order valence-electron chi connectivity index (χ3n) is 4.39. The fourth-order valence-electron chi connectivity index (χ4n) is 2.85. The summed E-state index contributed by atoms with van der Waals surface area (Å²) in [5.41, 5.74) is 0.999. The lowest BCUT2D eigenvalue weighted by molar-refractivity contribution is -0.130. The van der Waals surface area contributed by atoms with Crippen LogP contribution in [0.1, 0.15) is 30.3 Å². The molecule has 2 aromatic rings. The number of benzene rings is 1. The van der Waals surface area contributed by atoms with Gasteiger partial charge in [-0.25, -0.2) is 0 Å². The van der Waals surface area contributed by atoms with E-state index in [-0.39, 0.29) is 17.7 Å². The van der Waals surface area contributed by atoms with E-state index in [1.54, 1.807) is 11.0 Å². The monoisotopic (exact) mass is 370 g/mol. The largest absolute Gasteiger partial charge is 0.339 e. The number of rotatable bonds is 5. The maximum atomic E-state index is 12.4. The Bertz CT molecular complexity index is 780. The lowest BCUT2D eigenvalue weighted by Crippen LogP contribution is -2.40. The topological polar surface area (TPSA) is 75.2 Å². The van der Waals surface area contributed by atoms with E-state index in [1.165, 1.54) is 11.3 Å². The summed E-state index contributed by atoms with van der Waals surface area (Å²) in [5.74, 6) is -0.133. The van der Waals surface area contributed by atoms with Crippen molar-refractivity contribution in [3.8, 4) is 0 Å². The van der Waals surface area contributed by atoms with Gasteiger partial charge in [-0.05, 0) is 30.9 Å². The van der Waals surface area contributed by atoms with Crippen LogP contribution in [-0.2, 0) is 16.0 Å². The molecule has 2 heterocycles. The van der Waals surface area contributed by atoms with Gasteiger partial charge in [0, 0.05) is 25.1 Å². The fourth-order valence-corrected chi connectivity index (χ4v) is 3.54. The second kappa shape index (κ2) is 8.71. The van der Waals surface area contributed by atoms with E-state index >= 15 is 0 Å². The summed E-state index contributed by atoms with van der Waals surface area (Å²) in [6, 6.07) is 9.74. The molecule has 0 radical (unpaired) electrons. The summed E-state index contributed by atoms with van der Waals surface area (Å²) in [6.45, 7) is 3.18. The van der Waals surface area contributed by atoms with E-state index in [2.05, 4.69) is 15.5 Å². The SMILES string of the molecule is CCc1nnc(NC(=O)C2CCN(C(=O)/C=C/c3ccccc3)CC2)s1. The highest BCUT2D eigenvalue weighted by Crippen LogP contribution is 2.21. The first-order valence-corrected chi connectivity index (χ1v) is 9.62. The first-order valence-electron chi connectivity index (χ1n) is 8.81. The molecule has 1 aliphatic rings. The van der Waals surface area contributed by atoms with Gasteiger partial charge in [0.2, 0.25) is 16.9 Å². The first-order chi connectivity index (χ1) is 12.7. The van der Waals surface area contributed by atoms with Crippen molar-refractivity contribution in [2.45, 2.75) is 26.2 Å². The standard InChI is InChI=1S/C19H22N4O2S/c1-2-16-21-22-19(26-16)20-18(25)15-10-12-23(13-11-15)17(24)9-8-14-6-4-3-5-7-14/h3-9,15H,2,10-13H2,1H3,(H,20,22,25)/b9-8+. The second-order valence-corrected chi connectivity index (χ2v) is 7.25. The Hall–Kier alpha value is -2.54. The summed E-state index contributed by atoms with van der Waals surface area (Å²) in [7, 11) is 0. The zero-order valence-electron chi connectivity index (χ0n) is 14.7. The number of anilines is 1. The molecule has 2 amide bonds. The highest BCUT2D eigenvalue weighted by atomic mass is 32.1. The molecule has 1 N–H and O–H groups in total. The minimum absolute atomic E-state index is 0.00979. The third-order valence-corrected chi connectivity index (χ3v) is 5.38. The molecule has 0 bridgehead atoms. The van der Waals surface area contributed by atoms with Crippen molar-refractivity contribution >= 4 is 34.4 Å². The predicted molar refractivity (Wildman–Crippen MR) is 103 cm³/mol. The number of nitrogens with one attached hydrogen (secondary N) is 1. The van der Waals surface area contributed by atoms with Gasteiger partial charge in [0.05, 0.1) is 0 Å². The number of aromatic nitrogens is 2. The molecule has 7 heteroatoms. The Morgan fingerprint density at radius 1 is 1.23 bits per heavy atom. The summed E-state index contributed by atoms with van der Waals surface area (Å²) < 4.78 is 0. The molecule has 26 heavy (non-hydrogen) atoms. The fraction of sp³-hybridized carbons (Fsp3) is 0.368. The van der Waals surface area contributed by atoms with E-state index in [1.807, 2.05) is 43.3 Å². The number of aryl methyl sites for hydroxylation is 1. The van der Waals surface area contributed by atoms with Crippen LogP contribution in [0.5, 0.6) is 0 Å². The summed E-state index contributed by atoms with van der Waals surface area (Å²) in [6.07, 6.45) is 5.56. The van der Waals surface area contributed by atoms with Crippen molar-refractivity contribution in [2.75, 3.05) is 18.4 Å². The molecule has 1 aromatic heterocycles. The number of hydrogen-bond donors (Lipinski definition) is 1. The minimum atomic E-state index is -0.0915. The number of hydrogen-bond acceptors (Lipinski definition) is 5. The summed E-state index contributed by atoms with van der Waals surface area (Å²) in [5, 5.41) is 12.3. The van der Waals surface area contributed by atoms with Gasteiger partial charge in [0.25, 0.3) is 0 Å². The van der Waals surface area contributed by atoms with Crippen LogP contribution >= 0.6 is 11.3 Å². The van der Waals surface area contributed by atoms with E-state index in [4.69, 9.17) is 0 Å². The molecule has 0 spiro atoms. The Labute approximate surface area is 156 Å². The van der Waals surface area contributed by atoms with Gasteiger partial charge < -0.3 is 10.2 Å². The van der Waals surface area contributed by atoms with Gasteiger partial charge in [-0.3, -0.25) is 9.59 Å². The van der Waals surface area contributed by atoms with Gasteiger partial charge >= 0.3 is 0 Å². The van der Waals surface area contributed by atoms with E-state index in [9.17, 15) is 9.59 Å². The van der Waals surface area contributed by atoms with E-state index in [0.717, 1.165) is 17.0 Å². The van der Waals surface area contributed by atoms with Crippen LogP contribution in [0.2, 0.25) is 0 Å². The van der Waals surface area contributed by atoms with Crippen LogP contribution in [0.15, 0.2) is 36.4 Å². The molecule has 136 valence electrons. The van der Waals surface area contributed by atoms with Crippen molar-refractivity contribution in [2.24, 2.45) is 5.92 Å².